The molecule has 0 saturated heterocycles. The Morgan fingerprint density at radius 2 is 1.73 bits per heavy atom. The number of benzene rings is 1. The second-order valence-corrected chi connectivity index (χ2v) is 4.30. The molecule has 0 bridgehead atoms. The highest BCUT2D eigenvalue weighted by molar-refractivity contribution is 6.09. The summed E-state index contributed by atoms with van der Waals surface area (Å²) in [6, 6.07) is 3.91. The van der Waals surface area contributed by atoms with Gasteiger partial charge in [0.15, 0.2) is 17.2 Å². The fourth-order valence-corrected chi connectivity index (χ4v) is 1.75. The number of carbonyl (C=O) groups is 3. The van der Waals surface area contributed by atoms with Crippen LogP contribution in [-0.4, -0.2) is 37.8 Å². The lowest BCUT2D eigenvalue weighted by atomic mass is 10.1. The van der Waals surface area contributed by atoms with Gasteiger partial charge in [0.25, 0.3) is 5.91 Å². The van der Waals surface area contributed by atoms with Gasteiger partial charge in [-0.1, -0.05) is 0 Å². The Morgan fingerprint density at radius 1 is 1.09 bits per heavy atom. The third kappa shape index (κ3) is 3.06. The SMILES string of the molecule is CC(=O)c1cc(NC(=O)c2nccnc2C(=O)O)ccc1O. The molecule has 0 aliphatic carbocycles. The summed E-state index contributed by atoms with van der Waals surface area (Å²) in [4.78, 5) is 41.7. The minimum atomic E-state index is -1.38. The Kier molecular flexibility index (Phi) is 4.12. The summed E-state index contributed by atoms with van der Waals surface area (Å²) in [7, 11) is 0. The van der Waals surface area contributed by atoms with Crippen molar-refractivity contribution in [2.24, 2.45) is 0 Å². The maximum absolute atomic E-state index is 12.1. The van der Waals surface area contributed by atoms with Gasteiger partial charge in [0.1, 0.15) is 5.75 Å². The van der Waals surface area contributed by atoms with E-state index >= 15 is 0 Å². The quantitative estimate of drug-likeness (QED) is 0.573. The van der Waals surface area contributed by atoms with Crippen LogP contribution in [0, 0.1) is 0 Å². The molecule has 1 aromatic heterocycles. The maximum atomic E-state index is 12.1. The summed E-state index contributed by atoms with van der Waals surface area (Å²) >= 11 is 0. The molecule has 1 aromatic carbocycles. The number of phenols is 1. The molecule has 0 fully saturated rings. The fraction of sp³-hybridized carbons (Fsp3) is 0.0714. The molecular weight excluding hydrogens is 290 g/mol. The molecule has 22 heavy (non-hydrogen) atoms. The summed E-state index contributed by atoms with van der Waals surface area (Å²) in [5.41, 5.74) is -0.580. The number of carbonyl (C=O) groups excluding carboxylic acids is 2. The molecule has 1 heterocycles. The van der Waals surface area contributed by atoms with Crippen LogP contribution in [0.5, 0.6) is 5.75 Å². The molecule has 0 spiro atoms. The lowest BCUT2D eigenvalue weighted by molar-refractivity contribution is 0.0684. The van der Waals surface area contributed by atoms with Gasteiger partial charge < -0.3 is 15.5 Å². The van der Waals surface area contributed by atoms with E-state index in [4.69, 9.17) is 5.11 Å². The van der Waals surface area contributed by atoms with Gasteiger partial charge in [-0.2, -0.15) is 0 Å². The number of nitrogens with one attached hydrogen (secondary N) is 1. The predicted molar refractivity (Wildman–Crippen MR) is 75.1 cm³/mol. The van der Waals surface area contributed by atoms with E-state index in [2.05, 4.69) is 15.3 Å². The standard InChI is InChI=1S/C14H11N3O5/c1-7(18)9-6-8(2-3-10(9)19)17-13(20)11-12(14(21)22)16-5-4-15-11/h2-6,19H,1H3,(H,17,20)(H,21,22). The topological polar surface area (TPSA) is 129 Å². The summed E-state index contributed by atoms with van der Waals surface area (Å²) in [6.07, 6.45) is 2.35. The van der Waals surface area contributed by atoms with Crippen LogP contribution in [0.15, 0.2) is 30.6 Å². The van der Waals surface area contributed by atoms with E-state index in [-0.39, 0.29) is 28.5 Å². The number of aromatic carboxylic acids is 1. The van der Waals surface area contributed by atoms with Crippen molar-refractivity contribution in [3.05, 3.63) is 47.5 Å². The number of anilines is 1. The number of ketones is 1. The van der Waals surface area contributed by atoms with Gasteiger partial charge in [-0.05, 0) is 25.1 Å². The average Bonchev–Trinajstić information content (AvgIpc) is 2.48. The highest BCUT2D eigenvalue weighted by Gasteiger charge is 2.20. The molecule has 8 heteroatoms. The van der Waals surface area contributed by atoms with Crippen LogP contribution < -0.4 is 5.32 Å². The first-order valence-electron chi connectivity index (χ1n) is 6.09. The van der Waals surface area contributed by atoms with E-state index in [9.17, 15) is 19.5 Å². The third-order valence-electron chi connectivity index (χ3n) is 2.75. The van der Waals surface area contributed by atoms with Crippen molar-refractivity contribution in [1.29, 1.82) is 0 Å². The summed E-state index contributed by atoms with van der Waals surface area (Å²) in [5, 5.41) is 20.9. The Balaban J connectivity index is 2.32. The Labute approximate surface area is 124 Å². The molecule has 1 amide bonds. The fourth-order valence-electron chi connectivity index (χ4n) is 1.75. The van der Waals surface area contributed by atoms with Gasteiger partial charge in [0.2, 0.25) is 0 Å². The maximum Gasteiger partial charge on any atom is 0.356 e. The molecule has 2 aromatic rings. The molecule has 3 N–H and O–H groups in total. The number of hydrogen-bond acceptors (Lipinski definition) is 6. The van der Waals surface area contributed by atoms with Crippen molar-refractivity contribution in [2.75, 3.05) is 5.32 Å². The second-order valence-electron chi connectivity index (χ2n) is 4.30. The summed E-state index contributed by atoms with van der Waals surface area (Å²) in [5.74, 6) is -2.75. The Hall–Kier alpha value is -3.29. The number of hydrogen-bond donors (Lipinski definition) is 3. The zero-order valence-corrected chi connectivity index (χ0v) is 11.4. The number of carboxylic acid groups (broad SMARTS) is 1. The van der Waals surface area contributed by atoms with Crippen LogP contribution in [0.2, 0.25) is 0 Å². The largest absolute Gasteiger partial charge is 0.507 e. The van der Waals surface area contributed by atoms with Gasteiger partial charge in [-0.3, -0.25) is 9.59 Å². The number of amides is 1. The normalized spacial score (nSPS) is 10.0. The lowest BCUT2D eigenvalue weighted by Gasteiger charge is -2.08. The van der Waals surface area contributed by atoms with Crippen molar-refractivity contribution in [3.8, 4) is 5.75 Å². The van der Waals surface area contributed by atoms with Crippen LogP contribution in [0.1, 0.15) is 38.3 Å². The number of Topliss-reactive ketones (excluding diaryl/α,β-unsaturated/α-hetero) is 1. The van der Waals surface area contributed by atoms with E-state index in [0.29, 0.717) is 0 Å². The van der Waals surface area contributed by atoms with Crippen molar-refractivity contribution in [1.82, 2.24) is 9.97 Å². The molecule has 2 rings (SSSR count). The number of rotatable bonds is 4. The molecule has 8 nitrogen and oxygen atoms in total. The van der Waals surface area contributed by atoms with E-state index in [1.165, 1.54) is 31.3 Å². The lowest BCUT2D eigenvalue weighted by Crippen LogP contribution is -2.19. The minimum absolute atomic E-state index is 0.0374. The molecule has 0 unspecified atom stereocenters. The number of aromatic hydroxyl groups is 1. The van der Waals surface area contributed by atoms with Gasteiger partial charge >= 0.3 is 5.97 Å². The van der Waals surface area contributed by atoms with Crippen molar-refractivity contribution >= 4 is 23.3 Å². The molecule has 0 atom stereocenters. The monoisotopic (exact) mass is 301 g/mol. The smallest absolute Gasteiger partial charge is 0.356 e. The molecule has 0 radical (unpaired) electrons. The van der Waals surface area contributed by atoms with E-state index in [1.54, 1.807) is 0 Å². The number of aromatic nitrogens is 2. The number of phenolic OH excluding ortho intramolecular Hbond substituents is 1. The molecule has 0 aliphatic heterocycles. The predicted octanol–water partition coefficient (Wildman–Crippen LogP) is 1.34. The first-order valence-corrected chi connectivity index (χ1v) is 6.09. The minimum Gasteiger partial charge on any atom is -0.507 e. The molecule has 0 aliphatic rings. The van der Waals surface area contributed by atoms with Crippen LogP contribution in [0.25, 0.3) is 0 Å². The van der Waals surface area contributed by atoms with E-state index in [1.807, 2.05) is 0 Å². The van der Waals surface area contributed by atoms with Crippen molar-refractivity contribution in [2.45, 2.75) is 6.92 Å². The van der Waals surface area contributed by atoms with Crippen LogP contribution >= 0.6 is 0 Å². The van der Waals surface area contributed by atoms with Gasteiger partial charge in [0, 0.05) is 18.1 Å². The first-order chi connectivity index (χ1) is 10.4. The van der Waals surface area contributed by atoms with Gasteiger partial charge in [0.05, 0.1) is 5.56 Å². The van der Waals surface area contributed by atoms with Crippen LogP contribution in [-0.2, 0) is 0 Å². The zero-order valence-electron chi connectivity index (χ0n) is 11.4. The summed E-state index contributed by atoms with van der Waals surface area (Å²) in [6.45, 7) is 1.27. The van der Waals surface area contributed by atoms with Crippen molar-refractivity contribution in [3.63, 3.8) is 0 Å². The zero-order chi connectivity index (χ0) is 16.3. The molecule has 0 saturated carbocycles. The number of nitrogens with zero attached hydrogens (tertiary/aromatic N) is 2. The highest BCUT2D eigenvalue weighted by atomic mass is 16.4. The van der Waals surface area contributed by atoms with Crippen LogP contribution in [0.3, 0.4) is 0 Å². The summed E-state index contributed by atoms with van der Waals surface area (Å²) < 4.78 is 0. The van der Waals surface area contributed by atoms with Gasteiger partial charge in [-0.25, -0.2) is 14.8 Å². The number of carboxylic acids is 1. The molecule has 112 valence electrons. The molecular formula is C14H11N3O5. The van der Waals surface area contributed by atoms with Gasteiger partial charge in [-0.15, -0.1) is 0 Å². The second kappa shape index (κ2) is 6.00. The Morgan fingerprint density at radius 3 is 2.32 bits per heavy atom. The van der Waals surface area contributed by atoms with E-state index < -0.39 is 17.6 Å². The van der Waals surface area contributed by atoms with Crippen LogP contribution in [0.4, 0.5) is 5.69 Å². The third-order valence-corrected chi connectivity index (χ3v) is 2.75. The highest BCUT2D eigenvalue weighted by Crippen LogP contribution is 2.22. The van der Waals surface area contributed by atoms with Crippen molar-refractivity contribution < 1.29 is 24.6 Å². The van der Waals surface area contributed by atoms with E-state index in [0.717, 1.165) is 6.20 Å². The Bertz CT molecular complexity index is 773. The first kappa shape index (κ1) is 15.1. The average molecular weight is 301 g/mol.